The molecule has 0 unspecified atom stereocenters. The number of nitrogens with one attached hydrogen (secondary N) is 1. The van der Waals surface area contributed by atoms with Gasteiger partial charge in [-0.3, -0.25) is 10.2 Å². The average molecular weight is 326 g/mol. The molecule has 1 aromatic carbocycles. The van der Waals surface area contributed by atoms with Crippen LogP contribution < -0.4 is 14.9 Å². The van der Waals surface area contributed by atoms with Crippen LogP contribution in [0.4, 0.5) is 11.5 Å². The van der Waals surface area contributed by atoms with Gasteiger partial charge in [-0.15, -0.1) is 0 Å². The fraction of sp³-hybridized carbons (Fsp3) is 0.421. The molecule has 2 heterocycles. The average Bonchev–Trinajstić information content (AvgIpc) is 2.99. The van der Waals surface area contributed by atoms with Crippen molar-refractivity contribution >= 4 is 11.5 Å². The lowest BCUT2D eigenvalue weighted by Gasteiger charge is -2.20. The van der Waals surface area contributed by atoms with Gasteiger partial charge in [-0.05, 0) is 12.5 Å². The van der Waals surface area contributed by atoms with Crippen LogP contribution in [0, 0.1) is 12.1 Å². The molecule has 0 amide bonds. The van der Waals surface area contributed by atoms with Gasteiger partial charge < -0.3 is 10.1 Å². The molecular formula is C19H26N4O. The van der Waals surface area contributed by atoms with Gasteiger partial charge in [0.1, 0.15) is 11.7 Å². The molecule has 1 atom stereocenters. The summed E-state index contributed by atoms with van der Waals surface area (Å²) in [5.74, 6) is 0.644. The topological polar surface area (TPSA) is 45.4 Å². The standard InChI is InChI=1S/C19H26N4O/c1-15-11-18(21(2)3)12-19(23(15)24)20-17-9-10-22(14-17)13-16-7-5-4-6-8-16/h4-8,11-12,17,20H,9-10,13-14H2,1-3H3/t17-/m0/s1. The SMILES string of the molecule is Cc1cc(N(C)C)cc(N[C@H]2CCN(Cc3ccccc3)C2)[n+]1[O-]. The maximum atomic E-state index is 12.3. The lowest BCUT2D eigenvalue weighted by molar-refractivity contribution is -0.597. The van der Waals surface area contributed by atoms with E-state index in [1.165, 1.54) is 5.56 Å². The van der Waals surface area contributed by atoms with Gasteiger partial charge in [0.2, 0.25) is 0 Å². The summed E-state index contributed by atoms with van der Waals surface area (Å²) in [6.07, 6.45) is 1.05. The molecular weight excluding hydrogens is 300 g/mol. The summed E-state index contributed by atoms with van der Waals surface area (Å²) in [7, 11) is 3.98. The first kappa shape index (κ1) is 16.6. The number of benzene rings is 1. The second-order valence-electron chi connectivity index (χ2n) is 6.78. The lowest BCUT2D eigenvalue weighted by atomic mass is 10.2. The lowest BCUT2D eigenvalue weighted by Crippen LogP contribution is -2.38. The third kappa shape index (κ3) is 3.79. The maximum absolute atomic E-state index is 12.3. The predicted octanol–water partition coefficient (Wildman–Crippen LogP) is 2.38. The highest BCUT2D eigenvalue weighted by Crippen LogP contribution is 2.20. The van der Waals surface area contributed by atoms with Crippen LogP contribution in [-0.2, 0) is 6.54 Å². The molecule has 2 aromatic rings. The number of anilines is 2. The molecule has 1 aliphatic heterocycles. The predicted molar refractivity (Wildman–Crippen MR) is 98.2 cm³/mol. The molecule has 1 N–H and O–H groups in total. The fourth-order valence-electron chi connectivity index (χ4n) is 3.21. The molecule has 0 saturated carbocycles. The summed E-state index contributed by atoms with van der Waals surface area (Å²) < 4.78 is 0.993. The van der Waals surface area contributed by atoms with E-state index in [0.29, 0.717) is 17.6 Å². The van der Waals surface area contributed by atoms with Crippen molar-refractivity contribution < 1.29 is 4.73 Å². The van der Waals surface area contributed by atoms with E-state index in [4.69, 9.17) is 0 Å². The van der Waals surface area contributed by atoms with E-state index >= 15 is 0 Å². The van der Waals surface area contributed by atoms with Crippen LogP contribution >= 0.6 is 0 Å². The highest BCUT2D eigenvalue weighted by atomic mass is 16.5. The Morgan fingerprint density at radius 3 is 2.71 bits per heavy atom. The van der Waals surface area contributed by atoms with Gasteiger partial charge in [0.25, 0.3) is 5.82 Å². The molecule has 1 aromatic heterocycles. The van der Waals surface area contributed by atoms with Gasteiger partial charge in [0, 0.05) is 51.9 Å². The van der Waals surface area contributed by atoms with Gasteiger partial charge in [-0.1, -0.05) is 30.3 Å². The second kappa shape index (κ2) is 7.09. The molecule has 1 fully saturated rings. The Labute approximate surface area is 144 Å². The van der Waals surface area contributed by atoms with Crippen molar-refractivity contribution in [3.05, 3.63) is 58.9 Å². The molecule has 3 rings (SSSR count). The second-order valence-corrected chi connectivity index (χ2v) is 6.78. The van der Waals surface area contributed by atoms with Gasteiger partial charge in [0.15, 0.2) is 0 Å². The molecule has 0 bridgehead atoms. The van der Waals surface area contributed by atoms with Crippen LogP contribution in [0.1, 0.15) is 17.7 Å². The van der Waals surface area contributed by atoms with E-state index in [9.17, 15) is 5.21 Å². The van der Waals surface area contributed by atoms with Crippen molar-refractivity contribution in [2.45, 2.75) is 25.9 Å². The molecule has 24 heavy (non-hydrogen) atoms. The number of likely N-dealkylation sites (tertiary alicyclic amines) is 1. The number of pyridine rings is 1. The summed E-state index contributed by atoms with van der Waals surface area (Å²) in [5, 5.41) is 15.8. The van der Waals surface area contributed by atoms with Crippen LogP contribution in [0.25, 0.3) is 0 Å². The largest absolute Gasteiger partial charge is 0.710 e. The van der Waals surface area contributed by atoms with Gasteiger partial charge in [-0.2, -0.15) is 0 Å². The first-order valence-corrected chi connectivity index (χ1v) is 8.47. The van der Waals surface area contributed by atoms with Crippen molar-refractivity contribution in [1.29, 1.82) is 0 Å². The summed E-state index contributed by atoms with van der Waals surface area (Å²) >= 11 is 0. The zero-order valence-corrected chi connectivity index (χ0v) is 14.7. The van der Waals surface area contributed by atoms with E-state index in [0.717, 1.165) is 36.5 Å². The summed E-state index contributed by atoms with van der Waals surface area (Å²) in [5.41, 5.74) is 3.09. The highest BCUT2D eigenvalue weighted by Gasteiger charge is 2.26. The van der Waals surface area contributed by atoms with Crippen LogP contribution in [0.2, 0.25) is 0 Å². The van der Waals surface area contributed by atoms with Gasteiger partial charge in [0.05, 0.1) is 6.07 Å². The molecule has 0 aliphatic carbocycles. The monoisotopic (exact) mass is 326 g/mol. The number of nitrogens with zero attached hydrogens (tertiary/aromatic N) is 3. The van der Waals surface area contributed by atoms with Crippen molar-refractivity contribution in [1.82, 2.24) is 4.90 Å². The molecule has 5 heteroatoms. The van der Waals surface area contributed by atoms with Gasteiger partial charge >= 0.3 is 0 Å². The quantitative estimate of drug-likeness (QED) is 0.677. The minimum absolute atomic E-state index is 0.311. The summed E-state index contributed by atoms with van der Waals surface area (Å²) in [6, 6.07) is 14.7. The highest BCUT2D eigenvalue weighted by molar-refractivity contribution is 5.52. The van der Waals surface area contributed by atoms with E-state index in [1.807, 2.05) is 44.1 Å². The molecule has 5 nitrogen and oxygen atoms in total. The minimum Gasteiger partial charge on any atom is -0.710 e. The molecule has 1 saturated heterocycles. The number of hydrogen-bond acceptors (Lipinski definition) is 4. The summed E-state index contributed by atoms with van der Waals surface area (Å²) in [6.45, 7) is 4.83. The van der Waals surface area contributed by atoms with E-state index in [-0.39, 0.29) is 0 Å². The van der Waals surface area contributed by atoms with Crippen molar-refractivity contribution in [3.63, 3.8) is 0 Å². The normalized spacial score (nSPS) is 17.9. The van der Waals surface area contributed by atoms with E-state index in [2.05, 4.69) is 34.5 Å². The van der Waals surface area contributed by atoms with Crippen LogP contribution in [0.3, 0.4) is 0 Å². The van der Waals surface area contributed by atoms with Gasteiger partial charge in [-0.25, -0.2) is 4.73 Å². The summed E-state index contributed by atoms with van der Waals surface area (Å²) in [4.78, 5) is 4.46. The number of aryl methyl sites for hydroxylation is 1. The number of rotatable bonds is 5. The third-order valence-corrected chi connectivity index (χ3v) is 4.57. The molecule has 1 aliphatic rings. The van der Waals surface area contributed by atoms with Crippen LogP contribution in [-0.4, -0.2) is 38.1 Å². The first-order chi connectivity index (χ1) is 11.5. The first-order valence-electron chi connectivity index (χ1n) is 8.47. The molecule has 0 radical (unpaired) electrons. The Balaban J connectivity index is 1.65. The fourth-order valence-corrected chi connectivity index (χ4v) is 3.21. The minimum atomic E-state index is 0.311. The third-order valence-electron chi connectivity index (χ3n) is 4.57. The maximum Gasteiger partial charge on any atom is 0.280 e. The number of aromatic nitrogens is 1. The van der Waals surface area contributed by atoms with Crippen molar-refractivity contribution in [3.8, 4) is 0 Å². The Morgan fingerprint density at radius 1 is 1.25 bits per heavy atom. The zero-order valence-electron chi connectivity index (χ0n) is 14.7. The van der Waals surface area contributed by atoms with Crippen LogP contribution in [0.15, 0.2) is 42.5 Å². The Bertz CT molecular complexity index is 687. The molecule has 128 valence electrons. The Morgan fingerprint density at radius 2 is 2.00 bits per heavy atom. The van der Waals surface area contributed by atoms with Crippen LogP contribution in [0.5, 0.6) is 0 Å². The Hall–Kier alpha value is -2.27. The van der Waals surface area contributed by atoms with E-state index in [1.54, 1.807) is 0 Å². The molecule has 0 spiro atoms. The zero-order chi connectivity index (χ0) is 17.1. The number of hydrogen-bond donors (Lipinski definition) is 1. The Kier molecular flexibility index (Phi) is 4.90. The van der Waals surface area contributed by atoms with Crippen molar-refractivity contribution in [2.75, 3.05) is 37.4 Å². The van der Waals surface area contributed by atoms with E-state index < -0.39 is 0 Å². The smallest absolute Gasteiger partial charge is 0.280 e. The van der Waals surface area contributed by atoms with Crippen molar-refractivity contribution in [2.24, 2.45) is 0 Å².